The van der Waals surface area contributed by atoms with Gasteiger partial charge in [0.15, 0.2) is 0 Å². The standard InChI is InChI=1S/C16H18N2O/c17-14-6-3-7-15(14)18-16(19)13-9-8-11-4-1-2-5-12(11)10-13/h1-2,4-5,8-10,14-15H,3,6-7,17H2,(H,18,19). The van der Waals surface area contributed by atoms with E-state index in [0.717, 1.165) is 30.0 Å². The van der Waals surface area contributed by atoms with E-state index in [2.05, 4.69) is 5.32 Å². The first kappa shape index (κ1) is 12.2. The van der Waals surface area contributed by atoms with Crippen molar-refractivity contribution in [3.8, 4) is 0 Å². The molecule has 1 aliphatic rings. The van der Waals surface area contributed by atoms with Gasteiger partial charge in [-0.05, 0) is 42.2 Å². The maximum atomic E-state index is 12.2. The van der Waals surface area contributed by atoms with Crippen molar-refractivity contribution in [2.24, 2.45) is 5.73 Å². The minimum absolute atomic E-state index is 0.0203. The van der Waals surface area contributed by atoms with E-state index in [-0.39, 0.29) is 18.0 Å². The highest BCUT2D eigenvalue weighted by Gasteiger charge is 2.25. The zero-order valence-electron chi connectivity index (χ0n) is 10.8. The van der Waals surface area contributed by atoms with Gasteiger partial charge in [-0.15, -0.1) is 0 Å². The van der Waals surface area contributed by atoms with Gasteiger partial charge in [-0.25, -0.2) is 0 Å². The highest BCUT2D eigenvalue weighted by Crippen LogP contribution is 2.19. The monoisotopic (exact) mass is 254 g/mol. The van der Waals surface area contributed by atoms with Crippen molar-refractivity contribution in [2.75, 3.05) is 0 Å². The maximum Gasteiger partial charge on any atom is 0.251 e. The Morgan fingerprint density at radius 2 is 1.89 bits per heavy atom. The smallest absolute Gasteiger partial charge is 0.251 e. The van der Waals surface area contributed by atoms with Crippen molar-refractivity contribution in [1.82, 2.24) is 5.32 Å². The van der Waals surface area contributed by atoms with Crippen LogP contribution in [-0.2, 0) is 0 Å². The van der Waals surface area contributed by atoms with E-state index in [1.807, 2.05) is 42.5 Å². The first-order chi connectivity index (χ1) is 9.24. The van der Waals surface area contributed by atoms with Gasteiger partial charge in [-0.3, -0.25) is 4.79 Å². The van der Waals surface area contributed by atoms with Crippen LogP contribution in [0, 0.1) is 0 Å². The summed E-state index contributed by atoms with van der Waals surface area (Å²) in [7, 11) is 0. The minimum Gasteiger partial charge on any atom is -0.348 e. The summed E-state index contributed by atoms with van der Waals surface area (Å²) in [6.45, 7) is 0. The fraction of sp³-hybridized carbons (Fsp3) is 0.312. The lowest BCUT2D eigenvalue weighted by Gasteiger charge is -2.17. The molecule has 0 radical (unpaired) electrons. The van der Waals surface area contributed by atoms with Crippen LogP contribution >= 0.6 is 0 Å². The van der Waals surface area contributed by atoms with E-state index in [0.29, 0.717) is 5.56 Å². The van der Waals surface area contributed by atoms with E-state index in [1.165, 1.54) is 0 Å². The Kier molecular flexibility index (Phi) is 3.22. The summed E-state index contributed by atoms with van der Waals surface area (Å²) in [4.78, 5) is 12.2. The molecular formula is C16H18N2O. The summed E-state index contributed by atoms with van der Waals surface area (Å²) in [5, 5.41) is 5.28. The summed E-state index contributed by atoms with van der Waals surface area (Å²) >= 11 is 0. The van der Waals surface area contributed by atoms with Crippen LogP contribution in [-0.4, -0.2) is 18.0 Å². The molecule has 0 spiro atoms. The van der Waals surface area contributed by atoms with E-state index in [9.17, 15) is 4.79 Å². The Hall–Kier alpha value is -1.87. The Bertz CT molecular complexity index is 608. The van der Waals surface area contributed by atoms with Crippen LogP contribution in [0.25, 0.3) is 10.8 Å². The van der Waals surface area contributed by atoms with Gasteiger partial charge in [0.25, 0.3) is 5.91 Å². The second-order valence-electron chi connectivity index (χ2n) is 5.24. The van der Waals surface area contributed by atoms with Gasteiger partial charge in [0.1, 0.15) is 0 Å². The number of hydrogen-bond acceptors (Lipinski definition) is 2. The molecule has 2 aromatic carbocycles. The maximum absolute atomic E-state index is 12.2. The molecule has 0 saturated heterocycles. The van der Waals surface area contributed by atoms with Crippen LogP contribution in [0.1, 0.15) is 29.6 Å². The summed E-state index contributed by atoms with van der Waals surface area (Å²) in [6.07, 6.45) is 3.09. The fourth-order valence-electron chi connectivity index (χ4n) is 2.75. The number of benzene rings is 2. The quantitative estimate of drug-likeness (QED) is 0.865. The SMILES string of the molecule is NC1CCCC1NC(=O)c1ccc2ccccc2c1. The third-order valence-corrected chi connectivity index (χ3v) is 3.90. The number of hydrogen-bond donors (Lipinski definition) is 2. The molecule has 2 aromatic rings. The van der Waals surface area contributed by atoms with Crippen LogP contribution in [0.2, 0.25) is 0 Å². The van der Waals surface area contributed by atoms with Gasteiger partial charge >= 0.3 is 0 Å². The predicted molar refractivity (Wildman–Crippen MR) is 77.0 cm³/mol. The number of fused-ring (bicyclic) bond motifs is 1. The van der Waals surface area contributed by atoms with Crippen LogP contribution in [0.5, 0.6) is 0 Å². The number of rotatable bonds is 2. The van der Waals surface area contributed by atoms with Crippen molar-refractivity contribution in [3.05, 3.63) is 48.0 Å². The van der Waals surface area contributed by atoms with Crippen molar-refractivity contribution in [2.45, 2.75) is 31.3 Å². The highest BCUT2D eigenvalue weighted by molar-refractivity contribution is 5.98. The minimum atomic E-state index is -0.0203. The molecule has 1 amide bonds. The van der Waals surface area contributed by atoms with Crippen molar-refractivity contribution in [3.63, 3.8) is 0 Å². The summed E-state index contributed by atoms with van der Waals surface area (Å²) in [6, 6.07) is 14.1. The first-order valence-corrected chi connectivity index (χ1v) is 6.79. The van der Waals surface area contributed by atoms with E-state index in [4.69, 9.17) is 5.73 Å². The molecule has 2 unspecified atom stereocenters. The second kappa shape index (κ2) is 5.02. The van der Waals surface area contributed by atoms with E-state index >= 15 is 0 Å². The van der Waals surface area contributed by atoms with Gasteiger partial charge in [-0.1, -0.05) is 30.3 Å². The van der Waals surface area contributed by atoms with Crippen molar-refractivity contribution in [1.29, 1.82) is 0 Å². The summed E-state index contributed by atoms with van der Waals surface area (Å²) in [5.41, 5.74) is 6.69. The topological polar surface area (TPSA) is 55.1 Å². The lowest BCUT2D eigenvalue weighted by atomic mass is 10.1. The summed E-state index contributed by atoms with van der Waals surface area (Å²) < 4.78 is 0. The molecule has 3 N–H and O–H groups in total. The molecule has 0 heterocycles. The molecule has 3 rings (SSSR count). The normalized spacial score (nSPS) is 22.6. The molecule has 1 aliphatic carbocycles. The van der Waals surface area contributed by atoms with E-state index < -0.39 is 0 Å². The predicted octanol–water partition coefficient (Wildman–Crippen LogP) is 2.45. The molecule has 1 fully saturated rings. The number of carbonyl (C=O) groups is 1. The molecule has 3 heteroatoms. The Morgan fingerprint density at radius 3 is 2.63 bits per heavy atom. The van der Waals surface area contributed by atoms with Crippen LogP contribution in [0.4, 0.5) is 0 Å². The molecule has 0 bridgehead atoms. The third kappa shape index (κ3) is 2.47. The van der Waals surface area contributed by atoms with Crippen LogP contribution in [0.15, 0.2) is 42.5 Å². The van der Waals surface area contributed by atoms with Gasteiger partial charge in [0.05, 0.1) is 0 Å². The Balaban J connectivity index is 1.81. The zero-order chi connectivity index (χ0) is 13.2. The molecule has 98 valence electrons. The van der Waals surface area contributed by atoms with Gasteiger partial charge in [0, 0.05) is 17.6 Å². The lowest BCUT2D eigenvalue weighted by molar-refractivity contribution is 0.0935. The van der Waals surface area contributed by atoms with Gasteiger partial charge in [-0.2, -0.15) is 0 Å². The molecular weight excluding hydrogens is 236 g/mol. The summed E-state index contributed by atoms with van der Waals surface area (Å²) in [5.74, 6) is -0.0203. The highest BCUT2D eigenvalue weighted by atomic mass is 16.1. The molecule has 2 atom stereocenters. The molecule has 0 aliphatic heterocycles. The van der Waals surface area contributed by atoms with Gasteiger partial charge < -0.3 is 11.1 Å². The average molecular weight is 254 g/mol. The number of carbonyl (C=O) groups excluding carboxylic acids is 1. The molecule has 19 heavy (non-hydrogen) atoms. The molecule has 0 aromatic heterocycles. The Morgan fingerprint density at radius 1 is 1.11 bits per heavy atom. The lowest BCUT2D eigenvalue weighted by Crippen LogP contribution is -2.43. The van der Waals surface area contributed by atoms with Gasteiger partial charge in [0.2, 0.25) is 0 Å². The Labute approximate surface area is 112 Å². The fourth-order valence-corrected chi connectivity index (χ4v) is 2.75. The zero-order valence-corrected chi connectivity index (χ0v) is 10.8. The average Bonchev–Trinajstić information content (AvgIpc) is 2.84. The third-order valence-electron chi connectivity index (χ3n) is 3.90. The second-order valence-corrected chi connectivity index (χ2v) is 5.24. The molecule has 3 nitrogen and oxygen atoms in total. The molecule has 1 saturated carbocycles. The van der Waals surface area contributed by atoms with Crippen molar-refractivity contribution < 1.29 is 4.79 Å². The number of nitrogens with two attached hydrogens (primary N) is 1. The van der Waals surface area contributed by atoms with Crippen molar-refractivity contribution >= 4 is 16.7 Å². The van der Waals surface area contributed by atoms with Crippen LogP contribution in [0.3, 0.4) is 0 Å². The largest absolute Gasteiger partial charge is 0.348 e. The van der Waals surface area contributed by atoms with E-state index in [1.54, 1.807) is 0 Å². The first-order valence-electron chi connectivity index (χ1n) is 6.79. The number of amides is 1. The van der Waals surface area contributed by atoms with Crippen LogP contribution < -0.4 is 11.1 Å². The number of nitrogens with one attached hydrogen (secondary N) is 1.